The molecule has 0 radical (unpaired) electrons. The van der Waals surface area contributed by atoms with Gasteiger partial charge in [-0.2, -0.15) is 0 Å². The third-order valence-corrected chi connectivity index (χ3v) is 4.43. The number of fused-ring (bicyclic) bond motifs is 1. The van der Waals surface area contributed by atoms with E-state index < -0.39 is 0 Å². The number of aromatic nitrogens is 1. The van der Waals surface area contributed by atoms with Crippen LogP contribution in [0.3, 0.4) is 0 Å². The zero-order valence-corrected chi connectivity index (χ0v) is 10.8. The molecule has 0 unspecified atom stereocenters. The number of thiazole rings is 1. The molecule has 1 aliphatic carbocycles. The van der Waals surface area contributed by atoms with E-state index >= 15 is 0 Å². The minimum absolute atomic E-state index is 0.833. The van der Waals surface area contributed by atoms with Gasteiger partial charge < -0.3 is 0 Å². The average molecular weight is 251 g/mol. The fourth-order valence-corrected chi connectivity index (χ4v) is 3.06. The standard InChI is InChI=1S/C16H13NS/c1-2-11(1)12-3-5-13(6-4-12)14-7-8-16-15(9-14)17-10-18-16/h3-11H,1-2H2. The van der Waals surface area contributed by atoms with Gasteiger partial charge in [0.25, 0.3) is 0 Å². The first-order chi connectivity index (χ1) is 8.90. The molecular formula is C16H13NS. The summed E-state index contributed by atoms with van der Waals surface area (Å²) in [6.45, 7) is 0. The zero-order chi connectivity index (χ0) is 11.9. The van der Waals surface area contributed by atoms with E-state index in [0.29, 0.717) is 0 Å². The molecular weight excluding hydrogens is 238 g/mol. The van der Waals surface area contributed by atoms with E-state index in [0.717, 1.165) is 11.4 Å². The van der Waals surface area contributed by atoms with Crippen molar-refractivity contribution in [2.24, 2.45) is 0 Å². The van der Waals surface area contributed by atoms with Gasteiger partial charge in [0.2, 0.25) is 0 Å². The third kappa shape index (κ3) is 1.73. The van der Waals surface area contributed by atoms with Crippen molar-refractivity contribution in [2.75, 3.05) is 0 Å². The molecule has 1 fully saturated rings. The summed E-state index contributed by atoms with van der Waals surface area (Å²) in [6.07, 6.45) is 2.73. The van der Waals surface area contributed by atoms with E-state index in [2.05, 4.69) is 47.4 Å². The SMILES string of the molecule is c1nc2cc(-c3ccc(C4CC4)cc3)ccc2s1. The number of rotatable bonds is 2. The van der Waals surface area contributed by atoms with Crippen LogP contribution in [0.4, 0.5) is 0 Å². The van der Waals surface area contributed by atoms with Crippen molar-refractivity contribution in [3.8, 4) is 11.1 Å². The van der Waals surface area contributed by atoms with Gasteiger partial charge in [-0.25, -0.2) is 4.98 Å². The molecule has 18 heavy (non-hydrogen) atoms. The fraction of sp³-hybridized carbons (Fsp3) is 0.188. The molecule has 2 heteroatoms. The number of nitrogens with zero attached hydrogens (tertiary/aromatic N) is 1. The Labute approximate surface area is 110 Å². The monoisotopic (exact) mass is 251 g/mol. The molecule has 4 rings (SSSR count). The summed E-state index contributed by atoms with van der Waals surface area (Å²) in [5.41, 5.74) is 7.05. The van der Waals surface area contributed by atoms with Crippen LogP contribution in [0.1, 0.15) is 24.3 Å². The molecule has 0 bridgehead atoms. The maximum Gasteiger partial charge on any atom is 0.0818 e. The molecule has 3 aromatic rings. The Hall–Kier alpha value is -1.67. The van der Waals surface area contributed by atoms with E-state index in [1.54, 1.807) is 11.3 Å². The highest BCUT2D eigenvalue weighted by Gasteiger charge is 2.22. The molecule has 1 nitrogen and oxygen atoms in total. The van der Waals surface area contributed by atoms with Gasteiger partial charge in [-0.3, -0.25) is 0 Å². The lowest BCUT2D eigenvalue weighted by atomic mass is 10.0. The normalized spacial score (nSPS) is 15.1. The molecule has 1 saturated carbocycles. The zero-order valence-electron chi connectivity index (χ0n) is 9.97. The molecule has 0 saturated heterocycles. The second kappa shape index (κ2) is 3.92. The predicted molar refractivity (Wildman–Crippen MR) is 77.0 cm³/mol. The first-order valence-corrected chi connectivity index (χ1v) is 7.22. The fourth-order valence-electron chi connectivity index (χ4n) is 2.40. The molecule has 2 aromatic carbocycles. The molecule has 1 heterocycles. The maximum absolute atomic E-state index is 4.38. The molecule has 0 spiro atoms. The van der Waals surface area contributed by atoms with Crippen molar-refractivity contribution in [1.29, 1.82) is 0 Å². The minimum atomic E-state index is 0.833. The first-order valence-electron chi connectivity index (χ1n) is 6.34. The van der Waals surface area contributed by atoms with Gasteiger partial charge in [0.1, 0.15) is 0 Å². The van der Waals surface area contributed by atoms with E-state index in [1.165, 1.54) is 34.2 Å². The van der Waals surface area contributed by atoms with Crippen LogP contribution >= 0.6 is 11.3 Å². The van der Waals surface area contributed by atoms with Crippen LogP contribution in [0.15, 0.2) is 48.0 Å². The quantitative estimate of drug-likeness (QED) is 0.635. The summed E-state index contributed by atoms with van der Waals surface area (Å²) in [5, 5.41) is 0. The molecule has 88 valence electrons. The van der Waals surface area contributed by atoms with Gasteiger partial charge >= 0.3 is 0 Å². The summed E-state index contributed by atoms with van der Waals surface area (Å²) in [4.78, 5) is 4.38. The number of hydrogen-bond acceptors (Lipinski definition) is 2. The predicted octanol–water partition coefficient (Wildman–Crippen LogP) is 4.84. The van der Waals surface area contributed by atoms with Crippen LogP contribution in [0, 0.1) is 0 Å². The molecule has 0 amide bonds. The Bertz CT molecular complexity index is 692. The highest BCUT2D eigenvalue weighted by atomic mass is 32.1. The van der Waals surface area contributed by atoms with Crippen molar-refractivity contribution >= 4 is 21.6 Å². The van der Waals surface area contributed by atoms with Crippen LogP contribution in [-0.4, -0.2) is 4.98 Å². The van der Waals surface area contributed by atoms with Gasteiger partial charge in [0.05, 0.1) is 15.7 Å². The van der Waals surface area contributed by atoms with Crippen molar-refractivity contribution in [3.05, 3.63) is 53.5 Å². The highest BCUT2D eigenvalue weighted by molar-refractivity contribution is 7.16. The second-order valence-corrected chi connectivity index (χ2v) is 5.82. The number of benzene rings is 2. The third-order valence-electron chi connectivity index (χ3n) is 3.62. The lowest BCUT2D eigenvalue weighted by Crippen LogP contribution is -1.81. The Kier molecular flexibility index (Phi) is 2.24. The highest BCUT2D eigenvalue weighted by Crippen LogP contribution is 2.40. The first kappa shape index (κ1) is 10.3. The van der Waals surface area contributed by atoms with Crippen molar-refractivity contribution in [3.63, 3.8) is 0 Å². The van der Waals surface area contributed by atoms with Crippen molar-refractivity contribution < 1.29 is 0 Å². The minimum Gasteiger partial charge on any atom is -0.245 e. The molecule has 0 aliphatic heterocycles. The molecule has 0 atom stereocenters. The average Bonchev–Trinajstić information content (AvgIpc) is 3.17. The summed E-state index contributed by atoms with van der Waals surface area (Å²) in [6, 6.07) is 15.6. The van der Waals surface area contributed by atoms with Gasteiger partial charge in [0.15, 0.2) is 0 Å². The van der Waals surface area contributed by atoms with Crippen LogP contribution in [-0.2, 0) is 0 Å². The lowest BCUT2D eigenvalue weighted by molar-refractivity contribution is 1.13. The van der Waals surface area contributed by atoms with Crippen LogP contribution in [0.25, 0.3) is 21.3 Å². The summed E-state index contributed by atoms with van der Waals surface area (Å²) in [7, 11) is 0. The van der Waals surface area contributed by atoms with E-state index in [-0.39, 0.29) is 0 Å². The summed E-state index contributed by atoms with van der Waals surface area (Å²) < 4.78 is 1.26. The number of hydrogen-bond donors (Lipinski definition) is 0. The van der Waals surface area contributed by atoms with E-state index in [9.17, 15) is 0 Å². The van der Waals surface area contributed by atoms with Gasteiger partial charge in [0, 0.05) is 0 Å². The van der Waals surface area contributed by atoms with Gasteiger partial charge in [-0.15, -0.1) is 11.3 Å². The summed E-state index contributed by atoms with van der Waals surface area (Å²) in [5.74, 6) is 0.833. The largest absolute Gasteiger partial charge is 0.245 e. The van der Waals surface area contributed by atoms with E-state index in [1.807, 2.05) is 5.51 Å². The van der Waals surface area contributed by atoms with E-state index in [4.69, 9.17) is 0 Å². The topological polar surface area (TPSA) is 12.9 Å². The smallest absolute Gasteiger partial charge is 0.0818 e. The summed E-state index contributed by atoms with van der Waals surface area (Å²) >= 11 is 1.69. The Morgan fingerprint density at radius 1 is 0.944 bits per heavy atom. The van der Waals surface area contributed by atoms with Crippen molar-refractivity contribution in [2.45, 2.75) is 18.8 Å². The van der Waals surface area contributed by atoms with Crippen LogP contribution in [0.5, 0.6) is 0 Å². The van der Waals surface area contributed by atoms with Crippen molar-refractivity contribution in [1.82, 2.24) is 4.98 Å². The van der Waals surface area contributed by atoms with Crippen LogP contribution in [0.2, 0.25) is 0 Å². The Morgan fingerprint density at radius 3 is 2.50 bits per heavy atom. The van der Waals surface area contributed by atoms with Gasteiger partial charge in [-0.05, 0) is 47.6 Å². The maximum atomic E-state index is 4.38. The van der Waals surface area contributed by atoms with Gasteiger partial charge in [-0.1, -0.05) is 30.3 Å². The Morgan fingerprint density at radius 2 is 1.72 bits per heavy atom. The molecule has 1 aliphatic rings. The second-order valence-electron chi connectivity index (χ2n) is 4.93. The lowest BCUT2D eigenvalue weighted by Gasteiger charge is -2.03. The van der Waals surface area contributed by atoms with Crippen LogP contribution < -0.4 is 0 Å². The molecule has 0 N–H and O–H groups in total. The molecule has 1 aromatic heterocycles. The Balaban J connectivity index is 1.75.